The lowest BCUT2D eigenvalue weighted by molar-refractivity contribution is 0.139. The van der Waals surface area contributed by atoms with Gasteiger partial charge in [0.05, 0.1) is 6.54 Å². The predicted molar refractivity (Wildman–Crippen MR) is 67.5 cm³/mol. The van der Waals surface area contributed by atoms with Crippen LogP contribution >= 0.6 is 11.3 Å². The molecule has 6 heteroatoms. The Morgan fingerprint density at radius 2 is 2.33 bits per heavy atom. The summed E-state index contributed by atoms with van der Waals surface area (Å²) in [6.45, 7) is 0.933. The van der Waals surface area contributed by atoms with Crippen LogP contribution in [0, 0.1) is 0 Å². The molecule has 2 aromatic heterocycles. The van der Waals surface area contributed by atoms with Crippen molar-refractivity contribution in [1.82, 2.24) is 14.9 Å². The fourth-order valence-corrected chi connectivity index (χ4v) is 2.69. The van der Waals surface area contributed by atoms with Gasteiger partial charge in [0.15, 0.2) is 0 Å². The molecule has 1 aliphatic rings. The van der Waals surface area contributed by atoms with Crippen LogP contribution < -0.4 is 0 Å². The van der Waals surface area contributed by atoms with E-state index in [0.717, 1.165) is 21.8 Å². The number of thiazole rings is 1. The lowest BCUT2D eigenvalue weighted by atomic mass is 10.0. The van der Waals surface area contributed by atoms with Crippen LogP contribution in [0.3, 0.4) is 0 Å². The van der Waals surface area contributed by atoms with Gasteiger partial charge < -0.3 is 10.0 Å². The van der Waals surface area contributed by atoms with Crippen LogP contribution in [0.15, 0.2) is 23.8 Å². The highest BCUT2D eigenvalue weighted by molar-refractivity contribution is 7.13. The Hall–Kier alpha value is -1.95. The summed E-state index contributed by atoms with van der Waals surface area (Å²) in [5.41, 5.74) is 2.93. The summed E-state index contributed by atoms with van der Waals surface area (Å²) in [5, 5.41) is 11.8. The van der Waals surface area contributed by atoms with Gasteiger partial charge in [-0.1, -0.05) is 0 Å². The molecule has 0 aliphatic carbocycles. The SMILES string of the molecule is O=C(O)N1CCc2ncc(-c3nccs3)cc2C1. The Morgan fingerprint density at radius 1 is 1.44 bits per heavy atom. The zero-order valence-corrected chi connectivity index (χ0v) is 10.4. The molecule has 1 N–H and O–H groups in total. The van der Waals surface area contributed by atoms with E-state index < -0.39 is 6.09 Å². The molecule has 0 radical (unpaired) electrons. The van der Waals surface area contributed by atoms with Gasteiger partial charge in [-0.15, -0.1) is 11.3 Å². The molecule has 3 heterocycles. The molecule has 18 heavy (non-hydrogen) atoms. The zero-order chi connectivity index (χ0) is 12.5. The van der Waals surface area contributed by atoms with Gasteiger partial charge in [-0.2, -0.15) is 0 Å². The van der Waals surface area contributed by atoms with E-state index in [2.05, 4.69) is 9.97 Å². The minimum absolute atomic E-state index is 0.414. The van der Waals surface area contributed by atoms with Gasteiger partial charge in [0.1, 0.15) is 5.01 Å². The summed E-state index contributed by atoms with van der Waals surface area (Å²) in [6.07, 6.45) is 3.37. The molecule has 1 aliphatic heterocycles. The average Bonchev–Trinajstić information content (AvgIpc) is 2.91. The number of hydrogen-bond acceptors (Lipinski definition) is 4. The first-order valence-corrected chi connectivity index (χ1v) is 6.47. The van der Waals surface area contributed by atoms with E-state index in [1.807, 2.05) is 17.6 Å². The third kappa shape index (κ3) is 1.95. The molecule has 5 nitrogen and oxygen atoms in total. The molecule has 1 amide bonds. The quantitative estimate of drug-likeness (QED) is 0.855. The fourth-order valence-electron chi connectivity index (χ4n) is 2.07. The first-order chi connectivity index (χ1) is 8.74. The molecule has 0 fully saturated rings. The van der Waals surface area contributed by atoms with Crippen LogP contribution in [0.4, 0.5) is 4.79 Å². The Balaban J connectivity index is 1.95. The summed E-state index contributed by atoms with van der Waals surface area (Å²) in [5.74, 6) is 0. The number of pyridine rings is 1. The van der Waals surface area contributed by atoms with Crippen LogP contribution in [-0.2, 0) is 13.0 Å². The highest BCUT2D eigenvalue weighted by Crippen LogP contribution is 2.25. The van der Waals surface area contributed by atoms with E-state index in [-0.39, 0.29) is 0 Å². The van der Waals surface area contributed by atoms with Crippen molar-refractivity contribution in [2.45, 2.75) is 13.0 Å². The summed E-state index contributed by atoms with van der Waals surface area (Å²) in [4.78, 5) is 21.0. The van der Waals surface area contributed by atoms with E-state index in [4.69, 9.17) is 5.11 Å². The first-order valence-electron chi connectivity index (χ1n) is 5.59. The monoisotopic (exact) mass is 261 g/mol. The minimum atomic E-state index is -0.875. The molecular formula is C12H11N3O2S. The van der Waals surface area contributed by atoms with E-state index in [1.165, 1.54) is 4.90 Å². The summed E-state index contributed by atoms with van der Waals surface area (Å²) in [7, 11) is 0. The Kier molecular flexibility index (Phi) is 2.71. The van der Waals surface area contributed by atoms with Gasteiger partial charge in [0.25, 0.3) is 0 Å². The number of hydrogen-bond donors (Lipinski definition) is 1. The van der Waals surface area contributed by atoms with E-state index in [9.17, 15) is 4.79 Å². The summed E-state index contributed by atoms with van der Waals surface area (Å²) < 4.78 is 0. The Labute approximate surface area is 108 Å². The Morgan fingerprint density at radius 3 is 3.06 bits per heavy atom. The van der Waals surface area contributed by atoms with E-state index >= 15 is 0 Å². The number of fused-ring (bicyclic) bond motifs is 1. The Bertz CT molecular complexity index is 583. The second-order valence-electron chi connectivity index (χ2n) is 4.12. The highest BCUT2D eigenvalue weighted by atomic mass is 32.1. The molecule has 3 rings (SSSR count). The zero-order valence-electron chi connectivity index (χ0n) is 9.54. The third-order valence-electron chi connectivity index (χ3n) is 2.99. The smallest absolute Gasteiger partial charge is 0.407 e. The molecule has 0 bridgehead atoms. The van der Waals surface area contributed by atoms with Gasteiger partial charge in [0, 0.05) is 42.0 Å². The maximum Gasteiger partial charge on any atom is 0.407 e. The first kappa shape index (κ1) is 11.2. The van der Waals surface area contributed by atoms with Crippen LogP contribution in [-0.4, -0.2) is 32.6 Å². The van der Waals surface area contributed by atoms with Crippen molar-refractivity contribution in [2.75, 3.05) is 6.54 Å². The van der Waals surface area contributed by atoms with Gasteiger partial charge in [-0.3, -0.25) is 4.98 Å². The molecule has 0 saturated heterocycles. The normalized spacial score (nSPS) is 14.3. The predicted octanol–water partition coefficient (Wildman–Crippen LogP) is 2.24. The lowest BCUT2D eigenvalue weighted by Gasteiger charge is -2.25. The number of carboxylic acid groups (broad SMARTS) is 1. The van der Waals surface area contributed by atoms with Gasteiger partial charge in [-0.25, -0.2) is 9.78 Å². The van der Waals surface area contributed by atoms with Gasteiger partial charge in [0.2, 0.25) is 0 Å². The molecule has 92 valence electrons. The van der Waals surface area contributed by atoms with Crippen molar-refractivity contribution in [3.05, 3.63) is 35.1 Å². The van der Waals surface area contributed by atoms with Crippen LogP contribution in [0.2, 0.25) is 0 Å². The fraction of sp³-hybridized carbons (Fsp3) is 0.250. The van der Waals surface area contributed by atoms with Crippen molar-refractivity contribution < 1.29 is 9.90 Å². The number of amides is 1. The number of nitrogens with zero attached hydrogens (tertiary/aromatic N) is 3. The van der Waals surface area contributed by atoms with E-state index in [0.29, 0.717) is 19.5 Å². The van der Waals surface area contributed by atoms with Crippen LogP contribution in [0.1, 0.15) is 11.3 Å². The minimum Gasteiger partial charge on any atom is -0.465 e. The van der Waals surface area contributed by atoms with Crippen molar-refractivity contribution in [1.29, 1.82) is 0 Å². The molecule has 0 saturated carbocycles. The van der Waals surface area contributed by atoms with Crippen molar-refractivity contribution in [2.24, 2.45) is 0 Å². The van der Waals surface area contributed by atoms with Gasteiger partial charge in [-0.05, 0) is 11.6 Å². The standard InChI is InChI=1S/C12H11N3O2S/c16-12(17)15-3-1-10-9(7-15)5-8(6-14-10)11-13-2-4-18-11/h2,4-6H,1,3,7H2,(H,16,17). The summed E-state index contributed by atoms with van der Waals surface area (Å²) in [6, 6.07) is 2.00. The second-order valence-corrected chi connectivity index (χ2v) is 5.02. The largest absolute Gasteiger partial charge is 0.465 e. The molecular weight excluding hydrogens is 250 g/mol. The molecule has 2 aromatic rings. The molecule has 0 unspecified atom stereocenters. The molecule has 0 spiro atoms. The summed E-state index contributed by atoms with van der Waals surface area (Å²) >= 11 is 1.55. The third-order valence-corrected chi connectivity index (χ3v) is 3.81. The van der Waals surface area contributed by atoms with Gasteiger partial charge >= 0.3 is 6.09 Å². The van der Waals surface area contributed by atoms with Crippen molar-refractivity contribution >= 4 is 17.4 Å². The average molecular weight is 261 g/mol. The lowest BCUT2D eigenvalue weighted by Crippen LogP contribution is -2.35. The van der Waals surface area contributed by atoms with Crippen molar-refractivity contribution in [3.63, 3.8) is 0 Å². The number of carbonyl (C=O) groups is 1. The van der Waals surface area contributed by atoms with E-state index in [1.54, 1.807) is 17.5 Å². The maximum absolute atomic E-state index is 11.0. The maximum atomic E-state index is 11.0. The topological polar surface area (TPSA) is 66.3 Å². The number of aromatic nitrogens is 2. The van der Waals surface area contributed by atoms with Crippen LogP contribution in [0.25, 0.3) is 10.6 Å². The van der Waals surface area contributed by atoms with Crippen LogP contribution in [0.5, 0.6) is 0 Å². The molecule has 0 atom stereocenters. The number of rotatable bonds is 1. The highest BCUT2D eigenvalue weighted by Gasteiger charge is 2.21. The molecule has 0 aromatic carbocycles. The second kappa shape index (κ2) is 4.38. The van der Waals surface area contributed by atoms with Crippen molar-refractivity contribution in [3.8, 4) is 10.6 Å².